The summed E-state index contributed by atoms with van der Waals surface area (Å²) < 4.78 is 24.2. The van der Waals surface area contributed by atoms with Crippen LogP contribution in [0.3, 0.4) is 0 Å². The zero-order chi connectivity index (χ0) is 16.7. The Hall–Kier alpha value is -3.53. The van der Waals surface area contributed by atoms with Crippen LogP contribution in [0, 0.1) is 17.1 Å². The second-order valence-electron chi connectivity index (χ2n) is 5.26. The lowest BCUT2D eigenvalue weighted by atomic mass is 9.86. The molecule has 3 aromatic rings. The maximum atomic E-state index is 13.2. The molecular weight excluding hydrogens is 311 g/mol. The van der Waals surface area contributed by atoms with Crippen LogP contribution in [-0.4, -0.2) is 10.2 Å². The lowest BCUT2D eigenvalue weighted by molar-refractivity contribution is 0.371. The van der Waals surface area contributed by atoms with Crippen molar-refractivity contribution in [2.75, 3.05) is 0 Å². The van der Waals surface area contributed by atoms with Gasteiger partial charge in [0, 0.05) is 5.56 Å². The van der Waals surface area contributed by atoms with Crippen LogP contribution in [0.15, 0.2) is 58.5 Å². The summed E-state index contributed by atoms with van der Waals surface area (Å²) in [5, 5.41) is 16.5. The number of aromatic nitrogens is 2. The number of halogens is 1. The first-order valence-corrected chi connectivity index (χ1v) is 7.14. The molecule has 6 nitrogen and oxygen atoms in total. The lowest BCUT2D eigenvalue weighted by Crippen LogP contribution is -2.20. The molecule has 4 rings (SSSR count). The predicted octanol–water partition coefficient (Wildman–Crippen LogP) is 3.03. The van der Waals surface area contributed by atoms with Crippen LogP contribution >= 0.6 is 0 Å². The van der Waals surface area contributed by atoms with Gasteiger partial charge < -0.3 is 14.9 Å². The number of fused-ring (bicyclic) bond motifs is 1. The number of nitrogens with one attached hydrogen (secondary N) is 1. The monoisotopic (exact) mass is 322 g/mol. The molecule has 0 saturated heterocycles. The Kier molecular flexibility index (Phi) is 3.10. The largest absolute Gasteiger partial charge is 0.468 e. The van der Waals surface area contributed by atoms with Gasteiger partial charge in [0.15, 0.2) is 0 Å². The first-order chi connectivity index (χ1) is 11.7. The van der Waals surface area contributed by atoms with Crippen LogP contribution in [0.4, 0.5) is 4.39 Å². The van der Waals surface area contributed by atoms with E-state index in [1.54, 1.807) is 24.3 Å². The number of nitrogens with two attached hydrogens (primary N) is 1. The summed E-state index contributed by atoms with van der Waals surface area (Å²) in [4.78, 5) is 0. The number of benzene rings is 1. The fourth-order valence-electron chi connectivity index (χ4n) is 2.82. The van der Waals surface area contributed by atoms with Gasteiger partial charge in [-0.3, -0.25) is 5.10 Å². The molecule has 7 heteroatoms. The molecule has 0 bridgehead atoms. The highest BCUT2D eigenvalue weighted by Gasteiger charge is 2.37. The van der Waals surface area contributed by atoms with Gasteiger partial charge in [-0.25, -0.2) is 4.39 Å². The maximum Gasteiger partial charge on any atom is 0.244 e. The van der Waals surface area contributed by atoms with E-state index < -0.39 is 5.92 Å². The molecule has 3 heterocycles. The van der Waals surface area contributed by atoms with Gasteiger partial charge in [0.05, 0.1) is 23.4 Å². The third-order valence-electron chi connectivity index (χ3n) is 3.90. The van der Waals surface area contributed by atoms with Gasteiger partial charge >= 0.3 is 0 Å². The van der Waals surface area contributed by atoms with Gasteiger partial charge in [-0.05, 0) is 36.4 Å². The Morgan fingerprint density at radius 2 is 2.04 bits per heavy atom. The number of aromatic amines is 1. The third-order valence-corrected chi connectivity index (χ3v) is 3.90. The number of furan rings is 1. The molecule has 3 N–H and O–H groups in total. The van der Waals surface area contributed by atoms with E-state index in [-0.39, 0.29) is 23.2 Å². The molecule has 2 aromatic heterocycles. The number of hydrogen-bond acceptors (Lipinski definition) is 5. The van der Waals surface area contributed by atoms with E-state index >= 15 is 0 Å². The Labute approximate surface area is 136 Å². The molecule has 1 atom stereocenters. The van der Waals surface area contributed by atoms with E-state index in [9.17, 15) is 9.65 Å². The second kappa shape index (κ2) is 5.28. The number of hydrogen-bond donors (Lipinski definition) is 2. The normalized spacial score (nSPS) is 16.4. The highest BCUT2D eigenvalue weighted by atomic mass is 19.1. The van der Waals surface area contributed by atoms with E-state index in [0.29, 0.717) is 22.6 Å². The first kappa shape index (κ1) is 14.1. The zero-order valence-corrected chi connectivity index (χ0v) is 12.3. The standard InChI is InChI=1S/C17H11FN4O2/c18-10-5-3-9(4-6-10)15-14-13(12-2-1-7-23-12)11(8-19)16(20)24-17(14)22-21-15/h1-7,13H,20H2,(H,21,22). The van der Waals surface area contributed by atoms with Crippen molar-refractivity contribution in [1.29, 1.82) is 5.26 Å². The molecule has 1 aliphatic heterocycles. The van der Waals surface area contributed by atoms with Gasteiger partial charge in [0.2, 0.25) is 11.8 Å². The average Bonchev–Trinajstić information content (AvgIpc) is 3.24. The smallest absolute Gasteiger partial charge is 0.244 e. The van der Waals surface area contributed by atoms with Crippen LogP contribution in [0.1, 0.15) is 17.2 Å². The molecule has 118 valence electrons. The highest BCUT2D eigenvalue weighted by molar-refractivity contribution is 5.70. The molecule has 0 saturated carbocycles. The molecular formula is C17H11FN4O2. The molecule has 1 unspecified atom stereocenters. The van der Waals surface area contributed by atoms with E-state index in [2.05, 4.69) is 16.3 Å². The summed E-state index contributed by atoms with van der Waals surface area (Å²) in [6, 6.07) is 11.5. The maximum absolute atomic E-state index is 13.2. The third kappa shape index (κ3) is 2.05. The Morgan fingerprint density at radius 3 is 2.71 bits per heavy atom. The fraction of sp³-hybridized carbons (Fsp3) is 0.0588. The van der Waals surface area contributed by atoms with Crippen LogP contribution in [0.2, 0.25) is 0 Å². The molecule has 1 aromatic carbocycles. The van der Waals surface area contributed by atoms with Crippen LogP contribution in [0.5, 0.6) is 5.88 Å². The summed E-state index contributed by atoms with van der Waals surface area (Å²) in [6.45, 7) is 0. The van der Waals surface area contributed by atoms with Crippen molar-refractivity contribution in [1.82, 2.24) is 10.2 Å². The van der Waals surface area contributed by atoms with Gasteiger partial charge in [-0.2, -0.15) is 5.26 Å². The van der Waals surface area contributed by atoms with E-state index in [0.717, 1.165) is 0 Å². The van der Waals surface area contributed by atoms with Crippen molar-refractivity contribution in [2.24, 2.45) is 5.73 Å². The van der Waals surface area contributed by atoms with E-state index in [4.69, 9.17) is 14.9 Å². The molecule has 0 amide bonds. The van der Waals surface area contributed by atoms with Crippen molar-refractivity contribution in [2.45, 2.75) is 5.92 Å². The van der Waals surface area contributed by atoms with E-state index in [1.165, 1.54) is 18.4 Å². The molecule has 1 aliphatic rings. The van der Waals surface area contributed by atoms with Gasteiger partial charge in [-0.1, -0.05) is 0 Å². The van der Waals surface area contributed by atoms with Gasteiger partial charge in [0.1, 0.15) is 23.2 Å². The summed E-state index contributed by atoms with van der Waals surface area (Å²) in [5.74, 6) is -0.0834. The fourth-order valence-corrected chi connectivity index (χ4v) is 2.82. The summed E-state index contributed by atoms with van der Waals surface area (Å²) >= 11 is 0. The molecule has 24 heavy (non-hydrogen) atoms. The van der Waals surface area contributed by atoms with Gasteiger partial charge in [0.25, 0.3) is 0 Å². The summed E-state index contributed by atoms with van der Waals surface area (Å²) in [7, 11) is 0. The van der Waals surface area contributed by atoms with Crippen molar-refractivity contribution in [3.05, 3.63) is 71.3 Å². The minimum Gasteiger partial charge on any atom is -0.468 e. The van der Waals surface area contributed by atoms with Crippen molar-refractivity contribution in [3.63, 3.8) is 0 Å². The molecule has 0 radical (unpaired) electrons. The topological polar surface area (TPSA) is 101 Å². The lowest BCUT2D eigenvalue weighted by Gasteiger charge is -2.22. The number of nitrogens with zero attached hydrogens (tertiary/aromatic N) is 2. The minimum absolute atomic E-state index is 0.0106. The summed E-state index contributed by atoms with van der Waals surface area (Å²) in [6.07, 6.45) is 1.52. The SMILES string of the molecule is N#CC1=C(N)Oc2n[nH]c(-c3ccc(F)cc3)c2C1c1ccco1. The molecule has 0 fully saturated rings. The second-order valence-corrected chi connectivity index (χ2v) is 5.26. The molecule has 0 aliphatic carbocycles. The number of rotatable bonds is 2. The first-order valence-electron chi connectivity index (χ1n) is 7.14. The van der Waals surface area contributed by atoms with Crippen LogP contribution in [-0.2, 0) is 0 Å². The van der Waals surface area contributed by atoms with Crippen LogP contribution in [0.25, 0.3) is 11.3 Å². The number of nitriles is 1. The quantitative estimate of drug-likeness (QED) is 0.755. The molecule has 0 spiro atoms. The number of ether oxygens (including phenoxy) is 1. The Balaban J connectivity index is 1.94. The van der Waals surface area contributed by atoms with E-state index in [1.807, 2.05) is 0 Å². The Bertz CT molecular complexity index is 965. The van der Waals surface area contributed by atoms with Crippen molar-refractivity contribution in [3.8, 4) is 23.2 Å². The Morgan fingerprint density at radius 1 is 1.25 bits per heavy atom. The zero-order valence-electron chi connectivity index (χ0n) is 12.3. The van der Waals surface area contributed by atoms with Gasteiger partial charge in [-0.15, -0.1) is 5.10 Å². The highest BCUT2D eigenvalue weighted by Crippen LogP contribution is 2.45. The number of allylic oxidation sites excluding steroid dienone is 1. The summed E-state index contributed by atoms with van der Waals surface area (Å²) in [5.41, 5.74) is 8.05. The van der Waals surface area contributed by atoms with Crippen molar-refractivity contribution < 1.29 is 13.5 Å². The predicted molar refractivity (Wildman–Crippen MR) is 82.0 cm³/mol. The average molecular weight is 322 g/mol. The minimum atomic E-state index is -0.549. The van der Waals surface area contributed by atoms with Crippen molar-refractivity contribution >= 4 is 0 Å². The van der Waals surface area contributed by atoms with Crippen LogP contribution < -0.4 is 10.5 Å². The number of H-pyrrole nitrogens is 1.